The van der Waals surface area contributed by atoms with Crippen LogP contribution in [0.5, 0.6) is 0 Å². The molecule has 0 atom stereocenters. The van der Waals surface area contributed by atoms with Crippen molar-refractivity contribution < 1.29 is 19.8 Å². The molecule has 0 aliphatic carbocycles. The average Bonchev–Trinajstić information content (AvgIpc) is 2.88. The zero-order valence-corrected chi connectivity index (χ0v) is 23.3. The number of rotatable bonds is 20. The highest BCUT2D eigenvalue weighted by molar-refractivity contribution is 5.91. The molecular formula is C30H56N2O4. The van der Waals surface area contributed by atoms with Gasteiger partial charge in [-0.2, -0.15) is 0 Å². The monoisotopic (exact) mass is 508 g/mol. The van der Waals surface area contributed by atoms with Crippen molar-refractivity contribution in [1.29, 1.82) is 0 Å². The molecule has 0 saturated carbocycles. The number of aromatic carboxylic acids is 2. The Labute approximate surface area is 221 Å². The van der Waals surface area contributed by atoms with Gasteiger partial charge in [-0.3, -0.25) is 0 Å². The number of hydrogen-bond donors (Lipinski definition) is 4. The van der Waals surface area contributed by atoms with E-state index in [9.17, 15) is 9.59 Å². The van der Waals surface area contributed by atoms with Gasteiger partial charge in [0.05, 0.1) is 11.1 Å². The summed E-state index contributed by atoms with van der Waals surface area (Å²) in [6, 6.07) is 5.02. The lowest BCUT2D eigenvalue weighted by Gasteiger charge is -1.99. The second-order valence-corrected chi connectivity index (χ2v) is 9.42. The lowest BCUT2D eigenvalue weighted by Crippen LogP contribution is -1.99. The molecular weight excluding hydrogens is 452 g/mol. The molecule has 1 aromatic rings. The van der Waals surface area contributed by atoms with E-state index in [0.29, 0.717) is 0 Å². The fourth-order valence-electron chi connectivity index (χ4n) is 3.67. The van der Waals surface area contributed by atoms with Gasteiger partial charge < -0.3 is 21.7 Å². The Kier molecular flexibility index (Phi) is 29.5. The van der Waals surface area contributed by atoms with Crippen LogP contribution in [0.3, 0.4) is 0 Å². The number of hydrogen-bond acceptors (Lipinski definition) is 4. The van der Waals surface area contributed by atoms with Crippen LogP contribution in [-0.2, 0) is 0 Å². The van der Waals surface area contributed by atoms with E-state index in [-0.39, 0.29) is 11.1 Å². The summed E-state index contributed by atoms with van der Waals surface area (Å²) in [5, 5.41) is 16.9. The Balaban J connectivity index is 0. The first-order valence-electron chi connectivity index (χ1n) is 14.4. The molecule has 0 aliphatic rings. The van der Waals surface area contributed by atoms with E-state index >= 15 is 0 Å². The average molecular weight is 509 g/mol. The molecule has 1 rings (SSSR count). The Bertz CT molecular complexity index is 532. The maximum atomic E-state index is 10.3. The predicted molar refractivity (Wildman–Crippen MR) is 153 cm³/mol. The molecule has 0 bridgehead atoms. The van der Waals surface area contributed by atoms with Crippen LogP contribution in [-0.4, -0.2) is 35.2 Å². The maximum Gasteiger partial charge on any atom is 0.335 e. The Morgan fingerprint density at radius 1 is 0.500 bits per heavy atom. The molecule has 6 nitrogen and oxygen atoms in total. The van der Waals surface area contributed by atoms with Crippen molar-refractivity contribution in [2.75, 3.05) is 13.1 Å². The molecule has 0 heterocycles. The van der Waals surface area contributed by atoms with Gasteiger partial charge in [-0.25, -0.2) is 9.59 Å². The summed E-state index contributed by atoms with van der Waals surface area (Å²) in [4.78, 5) is 20.7. The van der Waals surface area contributed by atoms with Gasteiger partial charge in [-0.15, -0.1) is 0 Å². The van der Waals surface area contributed by atoms with Crippen molar-refractivity contribution in [3.05, 3.63) is 35.4 Å². The van der Waals surface area contributed by atoms with Crippen LogP contribution in [0.1, 0.15) is 150 Å². The van der Waals surface area contributed by atoms with Crippen LogP contribution in [0.4, 0.5) is 0 Å². The van der Waals surface area contributed by atoms with Crippen LogP contribution >= 0.6 is 0 Å². The molecule has 36 heavy (non-hydrogen) atoms. The fourth-order valence-corrected chi connectivity index (χ4v) is 3.67. The number of benzene rings is 1. The summed E-state index contributed by atoms with van der Waals surface area (Å²) in [5.74, 6) is -2.13. The molecule has 0 saturated heterocycles. The van der Waals surface area contributed by atoms with Crippen molar-refractivity contribution in [2.24, 2.45) is 11.5 Å². The first-order valence-corrected chi connectivity index (χ1v) is 14.4. The molecule has 0 spiro atoms. The lowest BCUT2D eigenvalue weighted by molar-refractivity contribution is 0.0681. The Morgan fingerprint density at radius 2 is 0.722 bits per heavy atom. The molecule has 0 aliphatic heterocycles. The van der Waals surface area contributed by atoms with Gasteiger partial charge in [0.15, 0.2) is 0 Å². The largest absolute Gasteiger partial charge is 0.478 e. The highest BCUT2D eigenvalue weighted by Crippen LogP contribution is 2.10. The smallest absolute Gasteiger partial charge is 0.335 e. The van der Waals surface area contributed by atoms with E-state index in [1.807, 2.05) is 0 Å². The summed E-state index contributed by atoms with van der Waals surface area (Å²) >= 11 is 0. The van der Waals surface area contributed by atoms with Crippen LogP contribution in [0.15, 0.2) is 24.3 Å². The fraction of sp³-hybridized carbons (Fsp3) is 0.733. The number of carbonyl (C=O) groups is 2. The van der Waals surface area contributed by atoms with Crippen molar-refractivity contribution in [3.8, 4) is 0 Å². The zero-order chi connectivity index (χ0) is 27.3. The predicted octanol–water partition coefficient (Wildman–Crippen LogP) is 8.03. The number of nitrogens with two attached hydrogens (primary N) is 2. The molecule has 0 unspecified atom stereocenters. The van der Waals surface area contributed by atoms with Gasteiger partial charge >= 0.3 is 11.9 Å². The minimum Gasteiger partial charge on any atom is -0.478 e. The zero-order valence-electron chi connectivity index (χ0n) is 23.3. The van der Waals surface area contributed by atoms with E-state index in [1.165, 1.54) is 140 Å². The molecule has 6 heteroatoms. The first kappa shape index (κ1) is 36.2. The maximum absolute atomic E-state index is 10.3. The normalized spacial score (nSPS) is 10.1. The quantitative estimate of drug-likeness (QED) is 0.132. The van der Waals surface area contributed by atoms with E-state index in [4.69, 9.17) is 21.7 Å². The van der Waals surface area contributed by atoms with Gasteiger partial charge in [0, 0.05) is 0 Å². The summed E-state index contributed by atoms with van der Waals surface area (Å²) in [7, 11) is 0. The molecule has 0 fully saturated rings. The van der Waals surface area contributed by atoms with Crippen LogP contribution in [0.25, 0.3) is 0 Å². The Hall–Kier alpha value is -1.92. The molecule has 210 valence electrons. The van der Waals surface area contributed by atoms with Gasteiger partial charge in [0.2, 0.25) is 0 Å². The molecule has 0 aromatic heterocycles. The van der Waals surface area contributed by atoms with Crippen molar-refractivity contribution in [2.45, 2.75) is 129 Å². The summed E-state index contributed by atoms with van der Waals surface area (Å²) in [6.45, 7) is 6.27. The number of carboxylic acid groups (broad SMARTS) is 2. The highest BCUT2D eigenvalue weighted by Gasteiger charge is 2.04. The van der Waals surface area contributed by atoms with Crippen molar-refractivity contribution in [1.82, 2.24) is 0 Å². The van der Waals surface area contributed by atoms with Crippen molar-refractivity contribution in [3.63, 3.8) is 0 Å². The van der Waals surface area contributed by atoms with Gasteiger partial charge in [0.1, 0.15) is 0 Å². The van der Waals surface area contributed by atoms with Crippen LogP contribution in [0.2, 0.25) is 0 Å². The standard InChI is InChI=1S/2C11H25N.C8H6O4/c2*1-2-3-4-5-6-7-8-9-10-11-12;9-7(10)5-1-2-6(4-3-5)8(11)12/h2*2-12H2,1H3;1-4H,(H,9,10)(H,11,12). The second-order valence-electron chi connectivity index (χ2n) is 9.42. The van der Waals surface area contributed by atoms with E-state index in [0.717, 1.165) is 13.1 Å². The third-order valence-electron chi connectivity index (χ3n) is 5.99. The van der Waals surface area contributed by atoms with Crippen molar-refractivity contribution >= 4 is 11.9 Å². The SMILES string of the molecule is CCCCCCCCCCCN.CCCCCCCCCCCN.O=C(O)c1ccc(C(=O)O)cc1. The van der Waals surface area contributed by atoms with Gasteiger partial charge in [-0.1, -0.05) is 117 Å². The van der Waals surface area contributed by atoms with E-state index in [1.54, 1.807) is 0 Å². The highest BCUT2D eigenvalue weighted by atomic mass is 16.4. The van der Waals surface area contributed by atoms with Gasteiger partial charge in [0.25, 0.3) is 0 Å². The summed E-state index contributed by atoms with van der Waals surface area (Å²) in [5.41, 5.74) is 11.0. The lowest BCUT2D eigenvalue weighted by atomic mass is 10.1. The molecule has 0 radical (unpaired) electrons. The first-order chi connectivity index (χ1) is 17.4. The second kappa shape index (κ2) is 29.3. The topological polar surface area (TPSA) is 127 Å². The Morgan fingerprint density at radius 3 is 0.917 bits per heavy atom. The summed E-state index contributed by atoms with van der Waals surface area (Å²) < 4.78 is 0. The van der Waals surface area contributed by atoms with Crippen LogP contribution in [0, 0.1) is 0 Å². The van der Waals surface area contributed by atoms with Crippen LogP contribution < -0.4 is 11.5 Å². The molecule has 6 N–H and O–H groups in total. The minimum atomic E-state index is -1.06. The van der Waals surface area contributed by atoms with E-state index < -0.39 is 11.9 Å². The number of carboxylic acids is 2. The summed E-state index contributed by atoms with van der Waals surface area (Å²) in [6.07, 6.45) is 24.9. The van der Waals surface area contributed by atoms with E-state index in [2.05, 4.69) is 13.8 Å². The molecule has 1 aromatic carbocycles. The number of unbranched alkanes of at least 4 members (excludes halogenated alkanes) is 16. The third-order valence-corrected chi connectivity index (χ3v) is 5.99. The third kappa shape index (κ3) is 26.7. The minimum absolute atomic E-state index is 0.0833. The molecule has 0 amide bonds. The van der Waals surface area contributed by atoms with Gasteiger partial charge in [-0.05, 0) is 50.2 Å².